The van der Waals surface area contributed by atoms with E-state index in [9.17, 15) is 9.59 Å². The van der Waals surface area contributed by atoms with Gasteiger partial charge in [0.05, 0.1) is 12.0 Å². The normalized spacial score (nSPS) is 17.1. The van der Waals surface area contributed by atoms with Gasteiger partial charge in [0.15, 0.2) is 0 Å². The Bertz CT molecular complexity index is 750. The summed E-state index contributed by atoms with van der Waals surface area (Å²) in [6.45, 7) is 0.881. The van der Waals surface area contributed by atoms with Crippen LogP contribution in [0.1, 0.15) is 29.8 Å². The standard InChI is InChI=1S/C16H17ClN2O4/c17-11-2-1-10-7-13(18-12(10)8-11)15(22)19-16(9-14(20)21)3-5-23-6-4-16/h1-2,7-8,18H,3-6,9H2,(H,19,22)(H,20,21). The van der Waals surface area contributed by atoms with Crippen molar-refractivity contribution in [2.24, 2.45) is 0 Å². The van der Waals surface area contributed by atoms with Crippen molar-refractivity contribution in [1.29, 1.82) is 0 Å². The van der Waals surface area contributed by atoms with Crippen molar-refractivity contribution in [3.8, 4) is 0 Å². The summed E-state index contributed by atoms with van der Waals surface area (Å²) >= 11 is 5.94. The molecule has 2 heterocycles. The molecular weight excluding hydrogens is 320 g/mol. The van der Waals surface area contributed by atoms with Gasteiger partial charge in [-0.05, 0) is 31.0 Å². The highest BCUT2D eigenvalue weighted by Crippen LogP contribution is 2.26. The zero-order valence-corrected chi connectivity index (χ0v) is 13.2. The summed E-state index contributed by atoms with van der Waals surface area (Å²) in [7, 11) is 0. The van der Waals surface area contributed by atoms with E-state index < -0.39 is 11.5 Å². The van der Waals surface area contributed by atoms with Gasteiger partial charge in [-0.3, -0.25) is 9.59 Å². The monoisotopic (exact) mass is 336 g/mol. The summed E-state index contributed by atoms with van der Waals surface area (Å²) in [6, 6.07) is 7.06. The van der Waals surface area contributed by atoms with E-state index in [4.69, 9.17) is 21.4 Å². The maximum absolute atomic E-state index is 12.5. The summed E-state index contributed by atoms with van der Waals surface area (Å²) in [5.74, 6) is -1.25. The lowest BCUT2D eigenvalue weighted by molar-refractivity contribution is -0.139. The number of amides is 1. The Hall–Kier alpha value is -2.05. The summed E-state index contributed by atoms with van der Waals surface area (Å²) < 4.78 is 5.29. The van der Waals surface area contributed by atoms with Gasteiger partial charge in [-0.15, -0.1) is 0 Å². The number of carbonyl (C=O) groups excluding carboxylic acids is 1. The molecule has 1 amide bonds. The summed E-state index contributed by atoms with van der Waals surface area (Å²) in [4.78, 5) is 26.7. The first-order chi connectivity index (χ1) is 11.0. The number of benzene rings is 1. The number of aromatic amines is 1. The Kier molecular flexibility index (Phi) is 4.28. The van der Waals surface area contributed by atoms with Crippen LogP contribution in [0.5, 0.6) is 0 Å². The lowest BCUT2D eigenvalue weighted by atomic mass is 9.86. The van der Waals surface area contributed by atoms with E-state index in [1.54, 1.807) is 18.2 Å². The van der Waals surface area contributed by atoms with Crippen LogP contribution in [0.4, 0.5) is 0 Å². The minimum absolute atomic E-state index is 0.117. The molecule has 0 spiro atoms. The van der Waals surface area contributed by atoms with Crippen LogP contribution in [0.3, 0.4) is 0 Å². The van der Waals surface area contributed by atoms with Gasteiger partial charge in [-0.2, -0.15) is 0 Å². The molecule has 122 valence electrons. The number of rotatable bonds is 4. The molecule has 0 bridgehead atoms. The van der Waals surface area contributed by atoms with E-state index in [1.807, 2.05) is 6.07 Å². The molecule has 0 aliphatic carbocycles. The molecule has 1 aliphatic rings. The van der Waals surface area contributed by atoms with Crippen LogP contribution in [0.25, 0.3) is 10.9 Å². The first-order valence-corrected chi connectivity index (χ1v) is 7.76. The van der Waals surface area contributed by atoms with Gasteiger partial charge in [0, 0.05) is 29.1 Å². The highest BCUT2D eigenvalue weighted by atomic mass is 35.5. The fourth-order valence-electron chi connectivity index (χ4n) is 2.93. The van der Waals surface area contributed by atoms with Gasteiger partial charge in [0.2, 0.25) is 0 Å². The molecule has 23 heavy (non-hydrogen) atoms. The molecule has 1 saturated heterocycles. The van der Waals surface area contributed by atoms with Crippen LogP contribution in [0.2, 0.25) is 5.02 Å². The third kappa shape index (κ3) is 3.48. The number of carboxylic acids is 1. The molecule has 1 aliphatic heterocycles. The topological polar surface area (TPSA) is 91.4 Å². The fraction of sp³-hybridized carbons (Fsp3) is 0.375. The third-order valence-corrected chi connectivity index (χ3v) is 4.38. The Balaban J connectivity index is 1.83. The molecule has 6 nitrogen and oxygen atoms in total. The Morgan fingerprint density at radius 2 is 2.04 bits per heavy atom. The first kappa shape index (κ1) is 15.8. The Morgan fingerprint density at radius 3 is 2.74 bits per heavy atom. The van der Waals surface area contributed by atoms with Gasteiger partial charge >= 0.3 is 5.97 Å². The average Bonchev–Trinajstić information content (AvgIpc) is 2.90. The molecule has 0 unspecified atom stereocenters. The van der Waals surface area contributed by atoms with Crippen molar-refractivity contribution in [2.75, 3.05) is 13.2 Å². The number of aliphatic carboxylic acids is 1. The summed E-state index contributed by atoms with van der Waals surface area (Å²) in [5, 5.41) is 13.5. The zero-order chi connectivity index (χ0) is 16.4. The number of ether oxygens (including phenoxy) is 1. The number of nitrogens with one attached hydrogen (secondary N) is 2. The SMILES string of the molecule is O=C(O)CC1(NC(=O)c2cc3ccc(Cl)cc3[nH]2)CCOCC1. The van der Waals surface area contributed by atoms with Gasteiger partial charge in [0.1, 0.15) is 5.69 Å². The second kappa shape index (κ2) is 6.22. The molecule has 1 fully saturated rings. The molecule has 7 heteroatoms. The van der Waals surface area contributed by atoms with Crippen molar-refractivity contribution >= 4 is 34.4 Å². The lowest BCUT2D eigenvalue weighted by Crippen LogP contribution is -2.53. The number of halogens is 1. The van der Waals surface area contributed by atoms with Gasteiger partial charge in [-0.25, -0.2) is 0 Å². The highest BCUT2D eigenvalue weighted by Gasteiger charge is 2.36. The van der Waals surface area contributed by atoms with Crippen molar-refractivity contribution in [3.05, 3.63) is 35.0 Å². The second-order valence-electron chi connectivity index (χ2n) is 5.83. The molecule has 1 aromatic carbocycles. The van der Waals surface area contributed by atoms with E-state index in [2.05, 4.69) is 10.3 Å². The average molecular weight is 337 g/mol. The minimum Gasteiger partial charge on any atom is -0.481 e. The van der Waals surface area contributed by atoms with E-state index in [0.29, 0.717) is 36.8 Å². The molecule has 0 radical (unpaired) electrons. The number of fused-ring (bicyclic) bond motifs is 1. The van der Waals surface area contributed by atoms with Gasteiger partial charge in [-0.1, -0.05) is 17.7 Å². The molecule has 3 rings (SSSR count). The number of hydrogen-bond donors (Lipinski definition) is 3. The zero-order valence-electron chi connectivity index (χ0n) is 12.4. The molecular formula is C16H17ClN2O4. The number of aromatic nitrogens is 1. The van der Waals surface area contributed by atoms with Crippen molar-refractivity contribution < 1.29 is 19.4 Å². The van der Waals surface area contributed by atoms with Crippen LogP contribution >= 0.6 is 11.6 Å². The number of hydrogen-bond acceptors (Lipinski definition) is 3. The van der Waals surface area contributed by atoms with Crippen molar-refractivity contribution in [2.45, 2.75) is 24.8 Å². The summed E-state index contributed by atoms with van der Waals surface area (Å²) in [6.07, 6.45) is 0.850. The van der Waals surface area contributed by atoms with Crippen LogP contribution in [-0.4, -0.2) is 40.7 Å². The predicted octanol–water partition coefficient (Wildman–Crippen LogP) is 2.58. The first-order valence-electron chi connectivity index (χ1n) is 7.38. The minimum atomic E-state index is -0.935. The van der Waals surface area contributed by atoms with Crippen LogP contribution in [-0.2, 0) is 9.53 Å². The van der Waals surface area contributed by atoms with E-state index >= 15 is 0 Å². The van der Waals surface area contributed by atoms with E-state index in [-0.39, 0.29) is 12.3 Å². The van der Waals surface area contributed by atoms with Crippen molar-refractivity contribution in [3.63, 3.8) is 0 Å². The maximum atomic E-state index is 12.5. The third-order valence-electron chi connectivity index (χ3n) is 4.15. The largest absolute Gasteiger partial charge is 0.481 e. The number of carbonyl (C=O) groups is 2. The molecule has 1 aromatic heterocycles. The Morgan fingerprint density at radius 1 is 1.30 bits per heavy atom. The van der Waals surface area contributed by atoms with Gasteiger partial charge < -0.3 is 20.1 Å². The van der Waals surface area contributed by atoms with Crippen LogP contribution < -0.4 is 5.32 Å². The molecule has 2 aromatic rings. The summed E-state index contributed by atoms with van der Waals surface area (Å²) in [5.41, 5.74) is 0.385. The van der Waals surface area contributed by atoms with Crippen LogP contribution in [0, 0.1) is 0 Å². The van der Waals surface area contributed by atoms with Crippen LogP contribution in [0.15, 0.2) is 24.3 Å². The Labute approximate surface area is 137 Å². The fourth-order valence-corrected chi connectivity index (χ4v) is 3.10. The van der Waals surface area contributed by atoms with Crippen molar-refractivity contribution in [1.82, 2.24) is 10.3 Å². The highest BCUT2D eigenvalue weighted by molar-refractivity contribution is 6.31. The second-order valence-corrected chi connectivity index (χ2v) is 6.27. The molecule has 0 saturated carbocycles. The quantitative estimate of drug-likeness (QED) is 0.800. The molecule has 3 N–H and O–H groups in total. The van der Waals surface area contributed by atoms with E-state index in [1.165, 1.54) is 0 Å². The smallest absolute Gasteiger partial charge is 0.305 e. The molecule has 0 atom stereocenters. The number of carboxylic acid groups (broad SMARTS) is 1. The van der Waals surface area contributed by atoms with E-state index in [0.717, 1.165) is 10.9 Å². The lowest BCUT2D eigenvalue weighted by Gasteiger charge is -2.36. The maximum Gasteiger partial charge on any atom is 0.305 e. The predicted molar refractivity (Wildman–Crippen MR) is 85.8 cm³/mol. The van der Waals surface area contributed by atoms with Gasteiger partial charge in [0.25, 0.3) is 5.91 Å². The number of H-pyrrole nitrogens is 1.